The van der Waals surface area contributed by atoms with Gasteiger partial charge in [0.25, 0.3) is 0 Å². The van der Waals surface area contributed by atoms with E-state index in [0.717, 1.165) is 0 Å². The molecule has 0 atom stereocenters. The summed E-state index contributed by atoms with van der Waals surface area (Å²) >= 11 is 3.19. The second-order valence-corrected chi connectivity index (χ2v) is 4.13. The molecule has 5 nitrogen and oxygen atoms in total. The second kappa shape index (κ2) is 4.62. The zero-order valence-corrected chi connectivity index (χ0v) is 10.1. The number of para-hydroxylation sites is 1. The third-order valence-electron chi connectivity index (χ3n) is 2.10. The number of carbonyl (C=O) groups is 1. The van der Waals surface area contributed by atoms with Gasteiger partial charge in [0, 0.05) is 4.47 Å². The Hall–Kier alpha value is -1.76. The van der Waals surface area contributed by atoms with Crippen molar-refractivity contribution >= 4 is 21.9 Å². The van der Waals surface area contributed by atoms with Crippen molar-refractivity contribution in [2.24, 2.45) is 0 Å². The number of hydrogen-bond donors (Lipinski definition) is 1. The molecule has 0 bridgehead atoms. The maximum atomic E-state index is 13.7. The lowest BCUT2D eigenvalue weighted by Crippen LogP contribution is -2.09. The molecular weight excluding hydrogens is 293 g/mol. The van der Waals surface area contributed by atoms with Crippen molar-refractivity contribution in [3.05, 3.63) is 40.4 Å². The van der Waals surface area contributed by atoms with Gasteiger partial charge in [-0.15, -0.1) is 5.10 Å². The van der Waals surface area contributed by atoms with E-state index < -0.39 is 11.8 Å². The van der Waals surface area contributed by atoms with Crippen molar-refractivity contribution in [1.29, 1.82) is 0 Å². The van der Waals surface area contributed by atoms with Gasteiger partial charge >= 0.3 is 5.97 Å². The molecule has 0 spiro atoms. The van der Waals surface area contributed by atoms with Gasteiger partial charge in [-0.1, -0.05) is 11.3 Å². The van der Waals surface area contributed by atoms with E-state index in [0.29, 0.717) is 10.2 Å². The molecule has 0 aliphatic rings. The van der Waals surface area contributed by atoms with Crippen molar-refractivity contribution in [3.63, 3.8) is 0 Å². The molecule has 1 heterocycles. The van der Waals surface area contributed by atoms with E-state index in [2.05, 4.69) is 26.2 Å². The average molecular weight is 300 g/mol. The molecule has 0 radical (unpaired) electrons. The van der Waals surface area contributed by atoms with Crippen LogP contribution in [0.1, 0.15) is 5.69 Å². The average Bonchev–Trinajstić information content (AvgIpc) is 2.65. The van der Waals surface area contributed by atoms with E-state index in [9.17, 15) is 9.18 Å². The highest BCUT2D eigenvalue weighted by Crippen LogP contribution is 2.24. The van der Waals surface area contributed by atoms with E-state index in [1.54, 1.807) is 6.07 Å². The number of hydrogen-bond acceptors (Lipinski definition) is 3. The number of rotatable bonds is 3. The highest BCUT2D eigenvalue weighted by Gasteiger charge is 2.15. The van der Waals surface area contributed by atoms with Crippen LogP contribution in [-0.4, -0.2) is 26.1 Å². The maximum Gasteiger partial charge on any atom is 0.309 e. The minimum atomic E-state index is -1.03. The summed E-state index contributed by atoms with van der Waals surface area (Å²) in [6.07, 6.45) is 1.03. The number of benzene rings is 1. The summed E-state index contributed by atoms with van der Waals surface area (Å²) in [5, 5.41) is 16.0. The predicted molar refractivity (Wildman–Crippen MR) is 60.4 cm³/mol. The van der Waals surface area contributed by atoms with E-state index in [4.69, 9.17) is 5.11 Å². The molecule has 1 N–H and O–H groups in total. The Morgan fingerprint density at radius 2 is 2.29 bits per heavy atom. The van der Waals surface area contributed by atoms with Crippen LogP contribution in [-0.2, 0) is 11.2 Å². The molecule has 1 aromatic carbocycles. The van der Waals surface area contributed by atoms with Crippen molar-refractivity contribution in [2.75, 3.05) is 0 Å². The Morgan fingerprint density at radius 3 is 2.94 bits per heavy atom. The normalized spacial score (nSPS) is 10.5. The molecule has 17 heavy (non-hydrogen) atoms. The zero-order valence-electron chi connectivity index (χ0n) is 8.47. The summed E-state index contributed by atoms with van der Waals surface area (Å²) in [4.78, 5) is 10.6. The molecule has 7 heteroatoms. The Balaban J connectivity index is 2.53. The molecule has 0 unspecified atom stereocenters. The lowest BCUT2D eigenvalue weighted by atomic mass is 10.2. The Morgan fingerprint density at radius 1 is 1.53 bits per heavy atom. The lowest BCUT2D eigenvalue weighted by molar-refractivity contribution is -0.136. The quantitative estimate of drug-likeness (QED) is 0.938. The number of carboxylic acid groups (broad SMARTS) is 1. The van der Waals surface area contributed by atoms with E-state index in [-0.39, 0.29) is 12.1 Å². The first kappa shape index (κ1) is 11.7. The van der Waals surface area contributed by atoms with Gasteiger partial charge in [0.2, 0.25) is 0 Å². The standard InChI is InChI=1S/C10H7BrFN3O2/c11-7-2-1-3-8(12)10(7)15-6(4-9(16)17)5-13-14-15/h1-3,5H,4H2,(H,16,17). The molecule has 0 saturated carbocycles. The van der Waals surface area contributed by atoms with Gasteiger partial charge < -0.3 is 5.11 Å². The molecule has 0 aliphatic heterocycles. The summed E-state index contributed by atoms with van der Waals surface area (Å²) in [6.45, 7) is 0. The van der Waals surface area contributed by atoms with Gasteiger partial charge in [0.1, 0.15) is 11.5 Å². The van der Waals surface area contributed by atoms with Crippen LogP contribution in [0, 0.1) is 5.82 Å². The highest BCUT2D eigenvalue weighted by molar-refractivity contribution is 9.10. The fourth-order valence-corrected chi connectivity index (χ4v) is 1.92. The number of halogens is 2. The SMILES string of the molecule is O=C(O)Cc1cnnn1-c1c(F)cccc1Br. The third kappa shape index (κ3) is 2.33. The van der Waals surface area contributed by atoms with Crippen LogP contribution >= 0.6 is 15.9 Å². The Bertz CT molecular complexity index is 550. The lowest BCUT2D eigenvalue weighted by Gasteiger charge is -2.07. The van der Waals surface area contributed by atoms with Gasteiger partial charge in [-0.05, 0) is 28.1 Å². The molecule has 0 saturated heterocycles. The number of aromatic nitrogens is 3. The van der Waals surface area contributed by atoms with Gasteiger partial charge in [-0.25, -0.2) is 9.07 Å². The summed E-state index contributed by atoms with van der Waals surface area (Å²) in [6, 6.07) is 4.45. The van der Waals surface area contributed by atoms with Crippen molar-refractivity contribution < 1.29 is 14.3 Å². The molecule has 1 aromatic heterocycles. The van der Waals surface area contributed by atoms with E-state index >= 15 is 0 Å². The molecule has 2 rings (SSSR count). The van der Waals surface area contributed by atoms with Crippen LogP contribution in [0.4, 0.5) is 4.39 Å². The summed E-state index contributed by atoms with van der Waals surface area (Å²) < 4.78 is 15.3. The molecule has 0 aliphatic carbocycles. The minimum absolute atomic E-state index is 0.154. The number of aliphatic carboxylic acids is 1. The summed E-state index contributed by atoms with van der Waals surface area (Å²) in [7, 11) is 0. The van der Waals surface area contributed by atoms with Gasteiger partial charge in [0.05, 0.1) is 18.3 Å². The zero-order chi connectivity index (χ0) is 12.4. The Kier molecular flexibility index (Phi) is 3.19. The first-order valence-corrected chi connectivity index (χ1v) is 5.44. The fraction of sp³-hybridized carbons (Fsp3) is 0.100. The second-order valence-electron chi connectivity index (χ2n) is 3.28. The van der Waals surface area contributed by atoms with Crippen LogP contribution in [0.5, 0.6) is 0 Å². The summed E-state index contributed by atoms with van der Waals surface area (Å²) in [5.74, 6) is -1.53. The molecule has 0 amide bonds. The van der Waals surface area contributed by atoms with E-state index in [1.165, 1.54) is 23.0 Å². The minimum Gasteiger partial charge on any atom is -0.481 e. The smallest absolute Gasteiger partial charge is 0.309 e. The molecular formula is C10H7BrFN3O2. The molecule has 88 valence electrons. The maximum absolute atomic E-state index is 13.7. The topological polar surface area (TPSA) is 68.0 Å². The van der Waals surface area contributed by atoms with Crippen LogP contribution < -0.4 is 0 Å². The van der Waals surface area contributed by atoms with Crippen molar-refractivity contribution in [1.82, 2.24) is 15.0 Å². The predicted octanol–water partition coefficient (Wildman–Crippen LogP) is 1.80. The van der Waals surface area contributed by atoms with Crippen LogP contribution in [0.3, 0.4) is 0 Å². The third-order valence-corrected chi connectivity index (χ3v) is 2.74. The van der Waals surface area contributed by atoms with Crippen molar-refractivity contribution in [2.45, 2.75) is 6.42 Å². The first-order chi connectivity index (χ1) is 8.09. The monoisotopic (exact) mass is 299 g/mol. The molecule has 2 aromatic rings. The van der Waals surface area contributed by atoms with Crippen molar-refractivity contribution in [3.8, 4) is 5.69 Å². The van der Waals surface area contributed by atoms with Crippen LogP contribution in [0.2, 0.25) is 0 Å². The molecule has 0 fully saturated rings. The van der Waals surface area contributed by atoms with Crippen LogP contribution in [0.25, 0.3) is 5.69 Å². The van der Waals surface area contributed by atoms with Gasteiger partial charge in [0.15, 0.2) is 0 Å². The first-order valence-electron chi connectivity index (χ1n) is 4.65. The largest absolute Gasteiger partial charge is 0.481 e. The van der Waals surface area contributed by atoms with E-state index in [1.807, 2.05) is 0 Å². The van der Waals surface area contributed by atoms with Crippen LogP contribution in [0.15, 0.2) is 28.9 Å². The fourth-order valence-electron chi connectivity index (χ4n) is 1.41. The van der Waals surface area contributed by atoms with Gasteiger partial charge in [-0.3, -0.25) is 4.79 Å². The number of carboxylic acids is 1. The highest BCUT2D eigenvalue weighted by atomic mass is 79.9. The van der Waals surface area contributed by atoms with Gasteiger partial charge in [-0.2, -0.15) is 0 Å². The Labute approximate surface area is 104 Å². The summed E-state index contributed by atoms with van der Waals surface area (Å²) in [5.41, 5.74) is 0.463. The number of nitrogens with zero attached hydrogens (tertiary/aromatic N) is 3.